The topological polar surface area (TPSA) is 87.5 Å². The lowest BCUT2D eigenvalue weighted by Crippen LogP contribution is -2.32. The van der Waals surface area contributed by atoms with Gasteiger partial charge in [0, 0.05) is 11.4 Å². The highest BCUT2D eigenvalue weighted by atomic mass is 32.2. The fourth-order valence-corrected chi connectivity index (χ4v) is 6.64. The van der Waals surface area contributed by atoms with Crippen molar-refractivity contribution in [2.75, 3.05) is 12.4 Å². The van der Waals surface area contributed by atoms with E-state index in [0.717, 1.165) is 48.8 Å². The van der Waals surface area contributed by atoms with Crippen LogP contribution in [0, 0.1) is 12.7 Å². The van der Waals surface area contributed by atoms with Crippen LogP contribution < -0.4 is 14.8 Å². The first-order chi connectivity index (χ1) is 21.9. The number of aryl methyl sites for hydroxylation is 1. The number of nitrogens with one attached hydrogen (secondary N) is 1. The van der Waals surface area contributed by atoms with Crippen LogP contribution in [0.2, 0.25) is 0 Å². The molecule has 1 fully saturated rings. The van der Waals surface area contributed by atoms with Gasteiger partial charge in [-0.1, -0.05) is 66.7 Å². The molecule has 1 N–H and O–H groups in total. The van der Waals surface area contributed by atoms with Gasteiger partial charge in [-0.3, -0.25) is 0 Å². The van der Waals surface area contributed by atoms with Crippen molar-refractivity contribution in [1.29, 1.82) is 0 Å². The average Bonchev–Trinajstić information content (AvgIpc) is 3.46. The molecule has 0 radical (unpaired) electrons. The molecule has 2 aliphatic rings. The minimum atomic E-state index is -0.632. The van der Waals surface area contributed by atoms with Crippen LogP contribution in [0.15, 0.2) is 83.2 Å². The van der Waals surface area contributed by atoms with Crippen molar-refractivity contribution >= 4 is 23.7 Å². The molecule has 1 aliphatic carbocycles. The van der Waals surface area contributed by atoms with Gasteiger partial charge in [-0.2, -0.15) is 4.98 Å². The molecular formula is C35H37FN4O4S. The molecule has 4 aromatic rings. The summed E-state index contributed by atoms with van der Waals surface area (Å²) in [4.78, 5) is 18.6. The number of fused-ring (bicyclic) bond motifs is 1. The van der Waals surface area contributed by atoms with E-state index in [0.29, 0.717) is 51.8 Å². The standard InChI is InChI=1S/C35H37FN4O4S/c1-22-11-7-8-12-25(22)20-43-29-18-17-24(19-30(29)42-3)32-31(33(41)44-27-14-5-4-6-15-27)23(2)37-34-38-35(39-40(32)34)45-21-26-13-9-10-16-28(26)36/h7-13,16-19,27,32H,4-6,14-15,20-21H2,1-3H3,(H,37,38,39). The van der Waals surface area contributed by atoms with Crippen molar-refractivity contribution in [3.8, 4) is 11.5 Å². The maximum absolute atomic E-state index is 14.3. The number of anilines is 1. The van der Waals surface area contributed by atoms with Crippen molar-refractivity contribution in [2.24, 2.45) is 0 Å². The summed E-state index contributed by atoms with van der Waals surface area (Å²) in [5, 5.41) is 8.53. The van der Waals surface area contributed by atoms with E-state index in [1.807, 2.05) is 43.3 Å². The molecule has 0 bridgehead atoms. The minimum Gasteiger partial charge on any atom is -0.493 e. The number of allylic oxidation sites excluding steroid dienone is 1. The van der Waals surface area contributed by atoms with E-state index in [-0.39, 0.29) is 17.9 Å². The SMILES string of the molecule is COc1cc(C2C(C(=O)OC3CCCCC3)=C(C)Nc3nc(SCc4ccccc4F)nn32)ccc1OCc1ccccc1C. The van der Waals surface area contributed by atoms with Crippen LogP contribution in [0.3, 0.4) is 0 Å². The van der Waals surface area contributed by atoms with Gasteiger partial charge in [0.1, 0.15) is 24.6 Å². The second-order valence-electron chi connectivity index (χ2n) is 11.4. The minimum absolute atomic E-state index is 0.108. The Labute approximate surface area is 267 Å². The van der Waals surface area contributed by atoms with Crippen LogP contribution in [-0.2, 0) is 21.9 Å². The molecule has 45 heavy (non-hydrogen) atoms. The molecule has 0 saturated heterocycles. The van der Waals surface area contributed by atoms with Crippen molar-refractivity contribution in [3.63, 3.8) is 0 Å². The first kappa shape index (κ1) is 30.7. The molecule has 3 aromatic carbocycles. The number of aromatic nitrogens is 3. The molecular weight excluding hydrogens is 591 g/mol. The summed E-state index contributed by atoms with van der Waals surface area (Å²) in [7, 11) is 1.60. The highest BCUT2D eigenvalue weighted by Gasteiger charge is 2.37. The number of carbonyl (C=O) groups excluding carboxylic acids is 1. The first-order valence-electron chi connectivity index (χ1n) is 15.3. The number of rotatable bonds is 10. The van der Waals surface area contributed by atoms with Crippen molar-refractivity contribution in [2.45, 2.75) is 75.6 Å². The Kier molecular flexibility index (Phi) is 9.39. The Morgan fingerprint density at radius 2 is 1.76 bits per heavy atom. The van der Waals surface area contributed by atoms with Crippen LogP contribution in [0.4, 0.5) is 10.3 Å². The summed E-state index contributed by atoms with van der Waals surface area (Å²) >= 11 is 1.33. The molecule has 6 rings (SSSR count). The normalized spacial score (nSPS) is 16.6. The fourth-order valence-electron chi connectivity index (χ4n) is 5.82. The lowest BCUT2D eigenvalue weighted by molar-refractivity contribution is -0.146. The van der Waals surface area contributed by atoms with Crippen LogP contribution >= 0.6 is 11.8 Å². The van der Waals surface area contributed by atoms with E-state index in [4.69, 9.17) is 24.3 Å². The predicted octanol–water partition coefficient (Wildman–Crippen LogP) is 7.77. The second kappa shape index (κ2) is 13.8. The molecule has 8 nitrogen and oxygen atoms in total. The number of hydrogen-bond acceptors (Lipinski definition) is 8. The maximum Gasteiger partial charge on any atom is 0.338 e. The molecule has 10 heteroatoms. The highest BCUT2D eigenvalue weighted by molar-refractivity contribution is 7.98. The van der Waals surface area contributed by atoms with E-state index in [9.17, 15) is 9.18 Å². The van der Waals surface area contributed by atoms with Crippen molar-refractivity contribution in [3.05, 3.63) is 106 Å². The zero-order chi connectivity index (χ0) is 31.3. The van der Waals surface area contributed by atoms with Gasteiger partial charge in [-0.25, -0.2) is 13.9 Å². The first-order valence-corrected chi connectivity index (χ1v) is 16.3. The molecule has 234 valence electrons. The Bertz CT molecular complexity index is 1720. The van der Waals surface area contributed by atoms with Gasteiger partial charge < -0.3 is 19.5 Å². The maximum atomic E-state index is 14.3. The van der Waals surface area contributed by atoms with Crippen LogP contribution in [0.25, 0.3) is 0 Å². The molecule has 1 aliphatic heterocycles. The number of carbonyl (C=O) groups is 1. The monoisotopic (exact) mass is 628 g/mol. The molecule has 1 saturated carbocycles. The molecule has 1 atom stereocenters. The quantitative estimate of drug-likeness (QED) is 0.141. The number of thioether (sulfide) groups is 1. The fraction of sp³-hybridized carbons (Fsp3) is 0.343. The number of nitrogens with zero attached hydrogens (tertiary/aromatic N) is 3. The molecule has 1 aromatic heterocycles. The van der Waals surface area contributed by atoms with Crippen LogP contribution in [-0.4, -0.2) is 33.9 Å². The predicted molar refractivity (Wildman–Crippen MR) is 172 cm³/mol. The molecule has 0 spiro atoms. The van der Waals surface area contributed by atoms with E-state index in [1.165, 1.54) is 17.8 Å². The summed E-state index contributed by atoms with van der Waals surface area (Å²) in [5.41, 5.74) is 4.66. The summed E-state index contributed by atoms with van der Waals surface area (Å²) in [5.74, 6) is 1.33. The van der Waals surface area contributed by atoms with Gasteiger partial charge in [0.2, 0.25) is 11.1 Å². The van der Waals surface area contributed by atoms with Crippen molar-refractivity contribution in [1.82, 2.24) is 14.8 Å². The zero-order valence-corrected chi connectivity index (χ0v) is 26.5. The summed E-state index contributed by atoms with van der Waals surface area (Å²) in [6.07, 6.45) is 4.88. The lowest BCUT2D eigenvalue weighted by atomic mass is 9.94. The van der Waals surface area contributed by atoms with Crippen LogP contribution in [0.5, 0.6) is 11.5 Å². The zero-order valence-electron chi connectivity index (χ0n) is 25.7. The summed E-state index contributed by atoms with van der Waals surface area (Å²) in [6, 6.07) is 19.8. The third kappa shape index (κ3) is 6.86. The van der Waals surface area contributed by atoms with Gasteiger partial charge in [-0.05, 0) is 80.0 Å². The largest absolute Gasteiger partial charge is 0.493 e. The lowest BCUT2D eigenvalue weighted by Gasteiger charge is -2.30. The number of halogens is 1. The van der Waals surface area contributed by atoms with E-state index < -0.39 is 6.04 Å². The summed E-state index contributed by atoms with van der Waals surface area (Å²) < 4.78 is 34.0. The van der Waals surface area contributed by atoms with Crippen molar-refractivity contribution < 1.29 is 23.4 Å². The third-order valence-corrected chi connectivity index (χ3v) is 9.23. The van der Waals surface area contributed by atoms with Crippen LogP contribution in [0.1, 0.15) is 67.3 Å². The van der Waals surface area contributed by atoms with Gasteiger partial charge in [0.15, 0.2) is 11.5 Å². The Morgan fingerprint density at radius 1 is 1.00 bits per heavy atom. The molecule has 1 unspecified atom stereocenters. The van der Waals surface area contributed by atoms with Gasteiger partial charge >= 0.3 is 5.97 Å². The van der Waals surface area contributed by atoms with Gasteiger partial charge in [0.05, 0.1) is 12.7 Å². The number of methoxy groups -OCH3 is 1. The molecule has 2 heterocycles. The Hall–Kier alpha value is -4.31. The Morgan fingerprint density at radius 3 is 2.51 bits per heavy atom. The van der Waals surface area contributed by atoms with E-state index >= 15 is 0 Å². The number of benzene rings is 3. The Balaban J connectivity index is 1.32. The van der Waals surface area contributed by atoms with Gasteiger partial charge in [0.25, 0.3) is 0 Å². The second-order valence-corrected chi connectivity index (χ2v) is 12.3. The number of ether oxygens (including phenoxy) is 3. The van der Waals surface area contributed by atoms with Gasteiger partial charge in [-0.15, -0.1) is 5.10 Å². The summed E-state index contributed by atoms with van der Waals surface area (Å²) in [6.45, 7) is 4.30. The van der Waals surface area contributed by atoms with E-state index in [2.05, 4.69) is 18.3 Å². The molecule has 0 amide bonds. The highest BCUT2D eigenvalue weighted by Crippen LogP contribution is 2.41. The third-order valence-electron chi connectivity index (χ3n) is 8.34. The average molecular weight is 629 g/mol. The number of hydrogen-bond donors (Lipinski definition) is 1. The van der Waals surface area contributed by atoms with E-state index in [1.54, 1.807) is 30.0 Å². The smallest absolute Gasteiger partial charge is 0.338 e. The number of esters is 1.